The average molecular weight is 374 g/mol. The van der Waals surface area contributed by atoms with Crippen LogP contribution in [-0.4, -0.2) is 24.6 Å². The highest BCUT2D eigenvalue weighted by atomic mass is 19.1. The zero-order valence-electron chi connectivity index (χ0n) is 14.5. The highest BCUT2D eigenvalue weighted by Crippen LogP contribution is 2.32. The van der Waals surface area contributed by atoms with E-state index in [9.17, 15) is 18.4 Å². The van der Waals surface area contributed by atoms with E-state index in [0.29, 0.717) is 17.3 Å². The maximum atomic E-state index is 12.9. The minimum absolute atomic E-state index is 0.218. The lowest BCUT2D eigenvalue weighted by molar-refractivity contribution is 0.242. The summed E-state index contributed by atoms with van der Waals surface area (Å²) in [4.78, 5) is 24.1. The Morgan fingerprint density at radius 3 is 1.81 bits per heavy atom. The van der Waals surface area contributed by atoms with Gasteiger partial charge in [-0.2, -0.15) is 0 Å². The highest BCUT2D eigenvalue weighted by Gasteiger charge is 2.32. The molecule has 2 aromatic carbocycles. The molecular formula is C19H20F2N4O2. The fourth-order valence-corrected chi connectivity index (χ4v) is 2.61. The Labute approximate surface area is 155 Å². The molecule has 0 bridgehead atoms. The minimum atomic E-state index is -0.437. The molecule has 1 atom stereocenters. The molecule has 0 saturated heterocycles. The first kappa shape index (κ1) is 18.6. The predicted molar refractivity (Wildman–Crippen MR) is 98.5 cm³/mol. The summed E-state index contributed by atoms with van der Waals surface area (Å²) < 4.78 is 25.8. The molecule has 4 N–H and O–H groups in total. The van der Waals surface area contributed by atoms with Gasteiger partial charge in [0.2, 0.25) is 0 Å². The number of carbonyl (C=O) groups is 2. The van der Waals surface area contributed by atoms with Crippen LogP contribution >= 0.6 is 0 Å². The van der Waals surface area contributed by atoms with Gasteiger partial charge in [0.15, 0.2) is 0 Å². The molecule has 142 valence electrons. The van der Waals surface area contributed by atoms with E-state index >= 15 is 0 Å². The zero-order chi connectivity index (χ0) is 19.2. The Morgan fingerprint density at radius 2 is 1.33 bits per heavy atom. The van der Waals surface area contributed by atoms with E-state index in [2.05, 4.69) is 21.3 Å². The van der Waals surface area contributed by atoms with Gasteiger partial charge in [-0.15, -0.1) is 0 Å². The fraction of sp³-hybridized carbons (Fsp3) is 0.263. The smallest absolute Gasteiger partial charge is 0.319 e. The number of carbonyl (C=O) groups excluding carboxylic acids is 2. The maximum Gasteiger partial charge on any atom is 0.319 e. The second-order valence-corrected chi connectivity index (χ2v) is 6.39. The van der Waals surface area contributed by atoms with E-state index in [-0.39, 0.29) is 24.2 Å². The zero-order valence-corrected chi connectivity index (χ0v) is 14.5. The molecule has 3 rings (SSSR count). The Balaban J connectivity index is 1.47. The van der Waals surface area contributed by atoms with Crippen LogP contribution in [0.15, 0.2) is 48.5 Å². The average Bonchev–Trinajstić information content (AvgIpc) is 3.48. The van der Waals surface area contributed by atoms with Crippen molar-refractivity contribution in [1.29, 1.82) is 0 Å². The molecule has 1 fully saturated rings. The van der Waals surface area contributed by atoms with E-state index in [1.54, 1.807) is 0 Å². The van der Waals surface area contributed by atoms with Crippen LogP contribution < -0.4 is 21.3 Å². The van der Waals surface area contributed by atoms with E-state index in [1.807, 2.05) is 0 Å². The number of hydrogen-bond acceptors (Lipinski definition) is 2. The number of anilines is 2. The number of halogens is 2. The van der Waals surface area contributed by atoms with Crippen molar-refractivity contribution in [3.63, 3.8) is 0 Å². The molecule has 0 heterocycles. The summed E-state index contributed by atoms with van der Waals surface area (Å²) in [6.45, 7) is 0.258. The summed E-state index contributed by atoms with van der Waals surface area (Å²) in [5.41, 5.74) is 0.948. The number of rotatable bonds is 6. The molecule has 6 nitrogen and oxygen atoms in total. The van der Waals surface area contributed by atoms with Gasteiger partial charge in [0.1, 0.15) is 11.6 Å². The molecule has 2 aromatic rings. The molecule has 0 aliphatic heterocycles. The van der Waals surface area contributed by atoms with E-state index in [1.165, 1.54) is 48.5 Å². The lowest BCUT2D eigenvalue weighted by Gasteiger charge is -2.19. The first-order valence-electron chi connectivity index (χ1n) is 8.63. The molecule has 1 saturated carbocycles. The molecule has 0 spiro atoms. The molecule has 1 aliphatic rings. The van der Waals surface area contributed by atoms with E-state index in [0.717, 1.165) is 12.8 Å². The summed E-state index contributed by atoms with van der Waals surface area (Å²) in [5, 5.41) is 10.8. The first-order chi connectivity index (χ1) is 13.0. The van der Waals surface area contributed by atoms with Crippen molar-refractivity contribution in [2.75, 3.05) is 17.2 Å². The van der Waals surface area contributed by atoms with Crippen LogP contribution in [0.4, 0.5) is 29.7 Å². The molecule has 8 heteroatoms. The third-order valence-corrected chi connectivity index (χ3v) is 4.19. The lowest BCUT2D eigenvalue weighted by atomic mass is 10.2. The first-order valence-corrected chi connectivity index (χ1v) is 8.63. The van der Waals surface area contributed by atoms with Crippen molar-refractivity contribution >= 4 is 23.4 Å². The topological polar surface area (TPSA) is 82.3 Å². The largest absolute Gasteiger partial charge is 0.336 e. The van der Waals surface area contributed by atoms with Gasteiger partial charge in [-0.1, -0.05) is 0 Å². The normalized spacial score (nSPS) is 14.1. The molecule has 1 unspecified atom stereocenters. The standard InChI is InChI=1S/C19H20F2N4O2/c20-13-3-7-15(8-4-13)23-18(26)22-11-17(12-1-2-12)25-19(27)24-16-9-5-14(21)6-10-16/h3-10,12,17H,1-2,11H2,(H2,22,23,26)(H2,24,25,27). The lowest BCUT2D eigenvalue weighted by Crippen LogP contribution is -2.47. The Morgan fingerprint density at radius 1 is 0.852 bits per heavy atom. The predicted octanol–water partition coefficient (Wildman–Crippen LogP) is 3.69. The van der Waals surface area contributed by atoms with Gasteiger partial charge in [-0.3, -0.25) is 0 Å². The van der Waals surface area contributed by atoms with Gasteiger partial charge >= 0.3 is 12.1 Å². The maximum absolute atomic E-state index is 12.9. The second kappa shape index (κ2) is 8.48. The summed E-state index contributed by atoms with van der Waals surface area (Å²) in [6, 6.07) is 9.81. The van der Waals surface area contributed by atoms with Gasteiger partial charge in [0, 0.05) is 17.9 Å². The third kappa shape index (κ3) is 5.95. The Hall–Kier alpha value is -3.16. The van der Waals surface area contributed by atoms with Crippen LogP contribution in [0.5, 0.6) is 0 Å². The van der Waals surface area contributed by atoms with Crippen LogP contribution in [-0.2, 0) is 0 Å². The Bertz CT molecular complexity index is 792. The molecule has 4 amide bonds. The summed E-state index contributed by atoms with van der Waals surface area (Å²) in [5.74, 6) is -0.464. The van der Waals surface area contributed by atoms with Crippen molar-refractivity contribution < 1.29 is 18.4 Å². The van der Waals surface area contributed by atoms with E-state index < -0.39 is 12.1 Å². The molecular weight excluding hydrogens is 354 g/mol. The van der Waals surface area contributed by atoms with Gasteiger partial charge in [0.05, 0.1) is 6.04 Å². The van der Waals surface area contributed by atoms with Crippen LogP contribution in [0.2, 0.25) is 0 Å². The van der Waals surface area contributed by atoms with Crippen molar-refractivity contribution in [2.24, 2.45) is 5.92 Å². The van der Waals surface area contributed by atoms with Crippen LogP contribution in [0.3, 0.4) is 0 Å². The SMILES string of the molecule is O=C(NCC(NC(=O)Nc1ccc(F)cc1)C1CC1)Nc1ccc(F)cc1. The van der Waals surface area contributed by atoms with Crippen LogP contribution in [0, 0.1) is 17.6 Å². The Kier molecular flexibility index (Phi) is 5.85. The van der Waals surface area contributed by atoms with Gasteiger partial charge in [-0.05, 0) is 67.3 Å². The molecule has 1 aliphatic carbocycles. The molecule has 27 heavy (non-hydrogen) atoms. The summed E-state index contributed by atoms with van der Waals surface area (Å²) in [6.07, 6.45) is 1.95. The summed E-state index contributed by atoms with van der Waals surface area (Å²) >= 11 is 0. The van der Waals surface area contributed by atoms with Gasteiger partial charge < -0.3 is 21.3 Å². The van der Waals surface area contributed by atoms with Crippen LogP contribution in [0.1, 0.15) is 12.8 Å². The fourth-order valence-electron chi connectivity index (χ4n) is 2.61. The van der Waals surface area contributed by atoms with Crippen molar-refractivity contribution in [3.8, 4) is 0 Å². The van der Waals surface area contributed by atoms with Crippen molar-refractivity contribution in [2.45, 2.75) is 18.9 Å². The third-order valence-electron chi connectivity index (χ3n) is 4.19. The molecule has 0 aromatic heterocycles. The number of nitrogens with one attached hydrogen (secondary N) is 4. The van der Waals surface area contributed by atoms with Gasteiger partial charge in [0.25, 0.3) is 0 Å². The quantitative estimate of drug-likeness (QED) is 0.622. The van der Waals surface area contributed by atoms with Gasteiger partial charge in [-0.25, -0.2) is 18.4 Å². The monoisotopic (exact) mass is 374 g/mol. The highest BCUT2D eigenvalue weighted by molar-refractivity contribution is 5.90. The van der Waals surface area contributed by atoms with Crippen molar-refractivity contribution in [3.05, 3.63) is 60.2 Å². The number of hydrogen-bond donors (Lipinski definition) is 4. The number of benzene rings is 2. The number of urea groups is 2. The van der Waals surface area contributed by atoms with Crippen LogP contribution in [0.25, 0.3) is 0 Å². The summed E-state index contributed by atoms with van der Waals surface area (Å²) in [7, 11) is 0. The van der Waals surface area contributed by atoms with E-state index in [4.69, 9.17) is 0 Å². The molecule has 0 radical (unpaired) electrons. The van der Waals surface area contributed by atoms with Crippen molar-refractivity contribution in [1.82, 2.24) is 10.6 Å². The second-order valence-electron chi connectivity index (χ2n) is 6.39. The number of amides is 4. The minimum Gasteiger partial charge on any atom is -0.336 e.